The molecule has 0 spiro atoms. The van der Waals surface area contributed by atoms with E-state index < -0.39 is 0 Å². The largest absolute Gasteiger partial charge is 0.382 e. The summed E-state index contributed by atoms with van der Waals surface area (Å²) in [5, 5.41) is 3.48. The van der Waals surface area contributed by atoms with E-state index in [1.165, 1.54) is 12.0 Å². The molecule has 1 aromatic heterocycles. The molecule has 0 saturated heterocycles. The van der Waals surface area contributed by atoms with Crippen LogP contribution in [0.5, 0.6) is 0 Å². The van der Waals surface area contributed by atoms with Crippen LogP contribution in [0.2, 0.25) is 0 Å². The maximum atomic E-state index is 5.45. The lowest BCUT2D eigenvalue weighted by Crippen LogP contribution is -2.18. The molecule has 0 aromatic carbocycles. The SMILES string of the molecule is CCCNC(C)c1ccn(CCOCCOC)c1. The molecule has 104 valence electrons. The summed E-state index contributed by atoms with van der Waals surface area (Å²) in [4.78, 5) is 0. The third-order valence-electron chi connectivity index (χ3n) is 2.90. The van der Waals surface area contributed by atoms with Gasteiger partial charge in [0.25, 0.3) is 0 Å². The summed E-state index contributed by atoms with van der Waals surface area (Å²) in [5.41, 5.74) is 1.33. The van der Waals surface area contributed by atoms with Crippen molar-refractivity contribution >= 4 is 0 Å². The maximum Gasteiger partial charge on any atom is 0.0701 e. The second-order valence-corrected chi connectivity index (χ2v) is 4.46. The number of nitrogens with one attached hydrogen (secondary N) is 1. The average Bonchev–Trinajstić information content (AvgIpc) is 2.84. The molecule has 18 heavy (non-hydrogen) atoms. The Hall–Kier alpha value is -0.840. The Labute approximate surface area is 110 Å². The van der Waals surface area contributed by atoms with Crippen LogP contribution < -0.4 is 5.32 Å². The summed E-state index contributed by atoms with van der Waals surface area (Å²) in [6.07, 6.45) is 5.46. The molecule has 1 atom stereocenters. The van der Waals surface area contributed by atoms with Crippen molar-refractivity contribution in [3.05, 3.63) is 24.0 Å². The van der Waals surface area contributed by atoms with Gasteiger partial charge in [0.2, 0.25) is 0 Å². The van der Waals surface area contributed by atoms with Crippen molar-refractivity contribution in [1.29, 1.82) is 0 Å². The van der Waals surface area contributed by atoms with Gasteiger partial charge < -0.3 is 19.4 Å². The Morgan fingerprint density at radius 3 is 2.89 bits per heavy atom. The number of ether oxygens (including phenoxy) is 2. The predicted octanol–water partition coefficient (Wildman–Crippen LogP) is 2.21. The molecule has 0 saturated carbocycles. The fourth-order valence-corrected chi connectivity index (χ4v) is 1.75. The third-order valence-corrected chi connectivity index (χ3v) is 2.90. The van der Waals surface area contributed by atoms with Gasteiger partial charge in [-0.05, 0) is 31.5 Å². The van der Waals surface area contributed by atoms with Crippen molar-refractivity contribution < 1.29 is 9.47 Å². The molecule has 4 heteroatoms. The van der Waals surface area contributed by atoms with E-state index in [0.29, 0.717) is 19.3 Å². The van der Waals surface area contributed by atoms with Crippen LogP contribution in [-0.4, -0.2) is 38.0 Å². The topological polar surface area (TPSA) is 35.4 Å². The molecule has 4 nitrogen and oxygen atoms in total. The summed E-state index contributed by atoms with van der Waals surface area (Å²) in [6, 6.07) is 2.59. The predicted molar refractivity (Wildman–Crippen MR) is 73.8 cm³/mol. The second-order valence-electron chi connectivity index (χ2n) is 4.46. The summed E-state index contributed by atoms with van der Waals surface area (Å²) < 4.78 is 12.6. The molecule has 0 radical (unpaired) electrons. The smallest absolute Gasteiger partial charge is 0.0701 e. The monoisotopic (exact) mass is 254 g/mol. The minimum atomic E-state index is 0.417. The molecule has 0 aliphatic heterocycles. The van der Waals surface area contributed by atoms with E-state index in [2.05, 4.69) is 42.2 Å². The molecular weight excluding hydrogens is 228 g/mol. The van der Waals surface area contributed by atoms with Crippen LogP contribution in [0.4, 0.5) is 0 Å². The van der Waals surface area contributed by atoms with Gasteiger partial charge in [0.05, 0.1) is 19.8 Å². The van der Waals surface area contributed by atoms with Gasteiger partial charge in [-0.1, -0.05) is 6.92 Å². The number of methoxy groups -OCH3 is 1. The van der Waals surface area contributed by atoms with E-state index in [0.717, 1.165) is 19.7 Å². The number of aromatic nitrogens is 1. The first-order chi connectivity index (χ1) is 8.77. The molecular formula is C14H26N2O2. The van der Waals surface area contributed by atoms with E-state index in [1.807, 2.05) is 0 Å². The molecule has 0 aliphatic carbocycles. The van der Waals surface area contributed by atoms with Crippen molar-refractivity contribution in [3.63, 3.8) is 0 Å². The Morgan fingerprint density at radius 2 is 2.17 bits per heavy atom. The molecule has 1 N–H and O–H groups in total. The van der Waals surface area contributed by atoms with Crippen LogP contribution in [-0.2, 0) is 16.0 Å². The lowest BCUT2D eigenvalue weighted by molar-refractivity contribution is 0.0666. The Morgan fingerprint density at radius 1 is 1.33 bits per heavy atom. The fraction of sp³-hybridized carbons (Fsp3) is 0.714. The summed E-state index contributed by atoms with van der Waals surface area (Å²) in [5.74, 6) is 0. The van der Waals surface area contributed by atoms with Gasteiger partial charge in [-0.15, -0.1) is 0 Å². The zero-order chi connectivity index (χ0) is 13.2. The molecule has 1 unspecified atom stereocenters. The highest BCUT2D eigenvalue weighted by Gasteiger charge is 2.05. The highest BCUT2D eigenvalue weighted by Crippen LogP contribution is 2.12. The van der Waals surface area contributed by atoms with E-state index in [-0.39, 0.29) is 0 Å². The second kappa shape index (κ2) is 9.14. The van der Waals surface area contributed by atoms with Crippen LogP contribution >= 0.6 is 0 Å². The number of hydrogen-bond donors (Lipinski definition) is 1. The third kappa shape index (κ3) is 5.67. The van der Waals surface area contributed by atoms with E-state index in [9.17, 15) is 0 Å². The fourth-order valence-electron chi connectivity index (χ4n) is 1.75. The molecule has 0 fully saturated rings. The minimum Gasteiger partial charge on any atom is -0.382 e. The van der Waals surface area contributed by atoms with E-state index in [4.69, 9.17) is 9.47 Å². The normalized spacial score (nSPS) is 12.8. The standard InChI is InChI=1S/C14H26N2O2/c1-4-6-15-13(2)14-5-7-16(12-14)8-9-18-11-10-17-3/h5,7,12-13,15H,4,6,8-11H2,1-3H3. The molecule has 0 aliphatic rings. The lowest BCUT2D eigenvalue weighted by Gasteiger charge is -2.11. The summed E-state index contributed by atoms with van der Waals surface area (Å²) in [7, 11) is 1.69. The Kier molecular flexibility index (Phi) is 7.73. The Bertz CT molecular complexity index is 312. The molecule has 0 amide bonds. The van der Waals surface area contributed by atoms with Gasteiger partial charge in [-0.2, -0.15) is 0 Å². The summed E-state index contributed by atoms with van der Waals surface area (Å²) >= 11 is 0. The Balaban J connectivity index is 2.25. The van der Waals surface area contributed by atoms with Gasteiger partial charge >= 0.3 is 0 Å². The van der Waals surface area contributed by atoms with Crippen molar-refractivity contribution in [2.24, 2.45) is 0 Å². The first kappa shape index (κ1) is 15.2. The maximum absolute atomic E-state index is 5.45. The van der Waals surface area contributed by atoms with Gasteiger partial charge in [0.15, 0.2) is 0 Å². The summed E-state index contributed by atoms with van der Waals surface area (Å²) in [6.45, 7) is 8.39. The molecule has 1 heterocycles. The van der Waals surface area contributed by atoms with Crippen molar-refractivity contribution in [2.45, 2.75) is 32.9 Å². The lowest BCUT2D eigenvalue weighted by atomic mass is 10.2. The number of hydrogen-bond acceptors (Lipinski definition) is 3. The average molecular weight is 254 g/mol. The quantitative estimate of drug-likeness (QED) is 0.650. The first-order valence-corrected chi connectivity index (χ1v) is 6.73. The van der Waals surface area contributed by atoms with Gasteiger partial charge in [-0.3, -0.25) is 0 Å². The van der Waals surface area contributed by atoms with Crippen molar-refractivity contribution in [1.82, 2.24) is 9.88 Å². The van der Waals surface area contributed by atoms with Crippen LogP contribution in [0.25, 0.3) is 0 Å². The van der Waals surface area contributed by atoms with Crippen LogP contribution in [0.1, 0.15) is 31.9 Å². The van der Waals surface area contributed by atoms with E-state index in [1.54, 1.807) is 7.11 Å². The van der Waals surface area contributed by atoms with Crippen LogP contribution in [0.15, 0.2) is 18.5 Å². The van der Waals surface area contributed by atoms with Gasteiger partial charge in [0, 0.05) is 32.1 Å². The van der Waals surface area contributed by atoms with Crippen molar-refractivity contribution in [3.8, 4) is 0 Å². The molecule has 1 aromatic rings. The zero-order valence-corrected chi connectivity index (χ0v) is 11.8. The highest BCUT2D eigenvalue weighted by atomic mass is 16.5. The molecule has 0 bridgehead atoms. The molecule has 1 rings (SSSR count). The van der Waals surface area contributed by atoms with Crippen LogP contribution in [0.3, 0.4) is 0 Å². The minimum absolute atomic E-state index is 0.417. The van der Waals surface area contributed by atoms with Gasteiger partial charge in [0.1, 0.15) is 0 Å². The van der Waals surface area contributed by atoms with Crippen molar-refractivity contribution in [2.75, 3.05) is 33.5 Å². The number of nitrogens with zero attached hydrogens (tertiary/aromatic N) is 1. The van der Waals surface area contributed by atoms with E-state index >= 15 is 0 Å². The zero-order valence-electron chi connectivity index (χ0n) is 11.8. The highest BCUT2D eigenvalue weighted by molar-refractivity contribution is 5.14. The van der Waals surface area contributed by atoms with Crippen LogP contribution in [0, 0.1) is 0 Å². The first-order valence-electron chi connectivity index (χ1n) is 6.73. The number of rotatable bonds is 10. The van der Waals surface area contributed by atoms with Gasteiger partial charge in [-0.25, -0.2) is 0 Å².